The molecule has 10 heteroatoms. The summed E-state index contributed by atoms with van der Waals surface area (Å²) in [5.41, 5.74) is 4.36. The number of carbonyl (C=O) groups is 1. The molecule has 0 aliphatic rings. The van der Waals surface area contributed by atoms with E-state index in [4.69, 9.17) is 14.2 Å². The van der Waals surface area contributed by atoms with Crippen molar-refractivity contribution in [1.82, 2.24) is 25.2 Å². The van der Waals surface area contributed by atoms with E-state index in [1.54, 1.807) is 20.4 Å². The van der Waals surface area contributed by atoms with E-state index in [-0.39, 0.29) is 19.0 Å². The number of carbonyl (C=O) groups excluding carboxylic acids is 1. The molecule has 218 valence electrons. The molecule has 4 aromatic rings. The van der Waals surface area contributed by atoms with Gasteiger partial charge in [0.1, 0.15) is 23.6 Å². The van der Waals surface area contributed by atoms with Crippen molar-refractivity contribution in [3.8, 4) is 23.3 Å². The summed E-state index contributed by atoms with van der Waals surface area (Å²) in [4.78, 5) is 27.5. The molecule has 0 saturated carbocycles. The van der Waals surface area contributed by atoms with Gasteiger partial charge in [-0.1, -0.05) is 11.8 Å². The monoisotopic (exact) mass is 568 g/mol. The van der Waals surface area contributed by atoms with Gasteiger partial charge in [-0.2, -0.15) is 0 Å². The van der Waals surface area contributed by atoms with Gasteiger partial charge in [0, 0.05) is 49.6 Å². The maximum absolute atomic E-state index is 12.4. The van der Waals surface area contributed by atoms with Gasteiger partial charge in [-0.3, -0.25) is 14.7 Å². The highest BCUT2D eigenvalue weighted by Crippen LogP contribution is 2.29. The van der Waals surface area contributed by atoms with Crippen molar-refractivity contribution < 1.29 is 19.0 Å². The van der Waals surface area contributed by atoms with Crippen LogP contribution in [0.3, 0.4) is 0 Å². The molecule has 10 nitrogen and oxygen atoms in total. The van der Waals surface area contributed by atoms with E-state index in [1.807, 2.05) is 67.3 Å². The lowest BCUT2D eigenvalue weighted by Gasteiger charge is -2.20. The van der Waals surface area contributed by atoms with Crippen molar-refractivity contribution in [1.29, 1.82) is 0 Å². The lowest BCUT2D eigenvalue weighted by molar-refractivity contribution is -0.122. The number of ether oxygens (including phenoxy) is 3. The highest BCUT2D eigenvalue weighted by Gasteiger charge is 2.10. The Morgan fingerprint density at radius 2 is 1.76 bits per heavy atom. The van der Waals surface area contributed by atoms with Gasteiger partial charge in [0.2, 0.25) is 5.91 Å². The Hall–Kier alpha value is -4.56. The number of pyridine rings is 1. The van der Waals surface area contributed by atoms with Crippen LogP contribution in [-0.2, 0) is 14.3 Å². The van der Waals surface area contributed by atoms with Crippen molar-refractivity contribution in [3.63, 3.8) is 0 Å². The third kappa shape index (κ3) is 8.97. The first-order chi connectivity index (χ1) is 20.4. The predicted octanol–water partition coefficient (Wildman–Crippen LogP) is 4.24. The molecule has 0 bridgehead atoms. The van der Waals surface area contributed by atoms with Crippen molar-refractivity contribution in [2.24, 2.45) is 0 Å². The molecular weight excluding hydrogens is 532 g/mol. The molecular formula is C32H36N6O4. The Balaban J connectivity index is 1.39. The van der Waals surface area contributed by atoms with Crippen LogP contribution in [0.4, 0.5) is 11.5 Å². The number of anilines is 2. The summed E-state index contributed by atoms with van der Waals surface area (Å²) in [6.07, 6.45) is 3.24. The molecule has 0 aliphatic carbocycles. The second-order valence-electron chi connectivity index (χ2n) is 9.64. The summed E-state index contributed by atoms with van der Waals surface area (Å²) in [6.45, 7) is 6.81. The SMILES string of the molecule is COCCN(CCOC)CC(=O)NCC#Cc1ccc2ncnc(Nc3ccc(Oc4ccc(C)nc4)c(C)c3)c2c1. The summed E-state index contributed by atoms with van der Waals surface area (Å²) in [5.74, 6) is 8.16. The van der Waals surface area contributed by atoms with Crippen molar-refractivity contribution in [2.75, 3.05) is 58.9 Å². The fraction of sp³-hybridized carbons (Fsp3) is 0.312. The number of amides is 1. The molecule has 0 fully saturated rings. The zero-order valence-electron chi connectivity index (χ0n) is 24.4. The van der Waals surface area contributed by atoms with Crippen LogP contribution in [0.5, 0.6) is 11.5 Å². The van der Waals surface area contributed by atoms with Crippen molar-refractivity contribution in [3.05, 3.63) is 77.9 Å². The fourth-order valence-electron chi connectivity index (χ4n) is 4.11. The van der Waals surface area contributed by atoms with Gasteiger partial charge in [-0.25, -0.2) is 9.97 Å². The largest absolute Gasteiger partial charge is 0.455 e. The zero-order valence-corrected chi connectivity index (χ0v) is 24.4. The Bertz CT molecular complexity index is 1540. The number of methoxy groups -OCH3 is 2. The van der Waals surface area contributed by atoms with Gasteiger partial charge in [0.05, 0.1) is 38.0 Å². The van der Waals surface area contributed by atoms with Gasteiger partial charge >= 0.3 is 0 Å². The molecule has 4 rings (SSSR count). The number of fused-ring (bicyclic) bond motifs is 1. The summed E-state index contributed by atoms with van der Waals surface area (Å²) in [5, 5.41) is 7.09. The van der Waals surface area contributed by atoms with Gasteiger partial charge < -0.3 is 24.8 Å². The molecule has 0 radical (unpaired) electrons. The van der Waals surface area contributed by atoms with E-state index >= 15 is 0 Å². The van der Waals surface area contributed by atoms with Gasteiger partial charge in [-0.15, -0.1) is 0 Å². The van der Waals surface area contributed by atoms with Crippen molar-refractivity contribution >= 4 is 28.3 Å². The maximum atomic E-state index is 12.4. The zero-order chi connectivity index (χ0) is 29.7. The smallest absolute Gasteiger partial charge is 0.234 e. The molecule has 0 atom stereocenters. The summed E-state index contributed by atoms with van der Waals surface area (Å²) in [7, 11) is 3.28. The number of hydrogen-bond donors (Lipinski definition) is 2. The third-order valence-corrected chi connectivity index (χ3v) is 6.38. The number of rotatable bonds is 13. The number of nitrogens with one attached hydrogen (secondary N) is 2. The first kappa shape index (κ1) is 30.4. The van der Waals surface area contributed by atoms with Gasteiger partial charge in [-0.05, 0) is 67.9 Å². The number of aromatic nitrogens is 3. The molecule has 0 spiro atoms. The minimum Gasteiger partial charge on any atom is -0.455 e. The second kappa shape index (κ2) is 15.4. The van der Waals surface area contributed by atoms with Crippen LogP contribution in [0.25, 0.3) is 10.9 Å². The number of hydrogen-bond acceptors (Lipinski definition) is 9. The van der Waals surface area contributed by atoms with E-state index in [0.717, 1.165) is 39.2 Å². The average molecular weight is 569 g/mol. The molecule has 2 heterocycles. The lowest BCUT2D eigenvalue weighted by atomic mass is 10.1. The minimum atomic E-state index is -0.0999. The molecule has 1 amide bonds. The minimum absolute atomic E-state index is 0.0999. The van der Waals surface area contributed by atoms with Crippen LogP contribution >= 0.6 is 0 Å². The Morgan fingerprint density at radius 3 is 2.48 bits per heavy atom. The van der Waals surface area contributed by atoms with Crippen molar-refractivity contribution in [2.45, 2.75) is 13.8 Å². The number of nitrogens with zero attached hydrogens (tertiary/aromatic N) is 4. The van der Waals surface area contributed by atoms with Crippen LogP contribution in [0, 0.1) is 25.7 Å². The highest BCUT2D eigenvalue weighted by atomic mass is 16.5. The lowest BCUT2D eigenvalue weighted by Crippen LogP contribution is -2.40. The summed E-state index contributed by atoms with van der Waals surface area (Å²) < 4.78 is 16.3. The standard InChI is InChI=1S/C32H36N6O4/c1-23-18-26(9-12-30(23)42-27-10-7-24(2)34-20-27)37-32-28-19-25(8-11-29(28)35-22-36-32)6-5-13-33-31(39)21-38(14-16-40-3)15-17-41-4/h7-12,18-20,22H,13-17,21H2,1-4H3,(H,33,39)(H,35,36,37). The Labute approximate surface area is 246 Å². The van der Waals surface area contributed by atoms with Crippen LogP contribution in [0.1, 0.15) is 16.8 Å². The normalized spacial score (nSPS) is 10.8. The highest BCUT2D eigenvalue weighted by molar-refractivity contribution is 5.91. The average Bonchev–Trinajstić information content (AvgIpc) is 2.99. The topological polar surface area (TPSA) is 111 Å². The summed E-state index contributed by atoms with van der Waals surface area (Å²) in [6, 6.07) is 15.4. The fourth-order valence-corrected chi connectivity index (χ4v) is 4.11. The van der Waals surface area contributed by atoms with E-state index in [2.05, 4.69) is 37.4 Å². The molecule has 2 aromatic heterocycles. The maximum Gasteiger partial charge on any atom is 0.234 e. The Kier molecular flexibility index (Phi) is 11.2. The molecule has 2 aromatic carbocycles. The second-order valence-corrected chi connectivity index (χ2v) is 9.64. The van der Waals surface area contributed by atoms with E-state index in [0.29, 0.717) is 37.9 Å². The summed E-state index contributed by atoms with van der Waals surface area (Å²) >= 11 is 0. The first-order valence-electron chi connectivity index (χ1n) is 13.6. The number of aryl methyl sites for hydroxylation is 2. The number of benzene rings is 2. The van der Waals surface area contributed by atoms with Gasteiger partial charge in [0.15, 0.2) is 0 Å². The van der Waals surface area contributed by atoms with E-state index in [9.17, 15) is 4.79 Å². The third-order valence-electron chi connectivity index (χ3n) is 6.38. The van der Waals surface area contributed by atoms with Gasteiger partial charge in [0.25, 0.3) is 0 Å². The van der Waals surface area contributed by atoms with Crippen LogP contribution in [0.2, 0.25) is 0 Å². The molecule has 0 aliphatic heterocycles. The van der Waals surface area contributed by atoms with E-state index in [1.165, 1.54) is 6.33 Å². The van der Waals surface area contributed by atoms with Crippen LogP contribution in [0.15, 0.2) is 61.1 Å². The first-order valence-corrected chi connectivity index (χ1v) is 13.6. The molecule has 2 N–H and O–H groups in total. The van der Waals surface area contributed by atoms with Crippen LogP contribution in [-0.4, -0.2) is 79.4 Å². The molecule has 42 heavy (non-hydrogen) atoms. The molecule has 0 unspecified atom stereocenters. The molecule has 0 saturated heterocycles. The van der Waals surface area contributed by atoms with E-state index < -0.39 is 0 Å². The van der Waals surface area contributed by atoms with Crippen LogP contribution < -0.4 is 15.4 Å². The Morgan fingerprint density at radius 1 is 0.952 bits per heavy atom. The predicted molar refractivity (Wildman–Crippen MR) is 163 cm³/mol. The quantitative estimate of drug-likeness (QED) is 0.229.